The van der Waals surface area contributed by atoms with Gasteiger partial charge in [0.05, 0.1) is 30.1 Å². The first-order valence-corrected chi connectivity index (χ1v) is 6.24. The zero-order valence-electron chi connectivity index (χ0n) is 11.1. The van der Waals surface area contributed by atoms with Crippen LogP contribution < -0.4 is 11.1 Å². The van der Waals surface area contributed by atoms with Crippen molar-refractivity contribution < 1.29 is 19.4 Å². The zero-order chi connectivity index (χ0) is 14.7. The zero-order valence-corrected chi connectivity index (χ0v) is 11.1. The number of hydrogen-bond acceptors (Lipinski definition) is 5. The molecular weight excluding hydrogens is 262 g/mol. The van der Waals surface area contributed by atoms with E-state index >= 15 is 0 Å². The highest BCUT2D eigenvalue weighted by Gasteiger charge is 2.31. The number of likely N-dealkylation sites (tertiary alicyclic amines) is 1. The highest BCUT2D eigenvalue weighted by Crippen LogP contribution is 2.23. The Balaban J connectivity index is 2.02. The van der Waals surface area contributed by atoms with E-state index in [1.165, 1.54) is 12.0 Å². The fourth-order valence-electron chi connectivity index (χ4n) is 2.09. The molecule has 1 heterocycles. The van der Waals surface area contributed by atoms with E-state index in [-0.39, 0.29) is 6.04 Å². The third kappa shape index (κ3) is 2.76. The Bertz CT molecular complexity index is 532. The van der Waals surface area contributed by atoms with Crippen LogP contribution in [0.3, 0.4) is 0 Å². The van der Waals surface area contributed by atoms with E-state index < -0.39 is 12.1 Å². The summed E-state index contributed by atoms with van der Waals surface area (Å²) in [6.07, 6.45) is -0.102. The molecule has 0 saturated carbocycles. The predicted octanol–water partition coefficient (Wildman–Crippen LogP) is 1.22. The number of carbonyl (C=O) groups is 2. The minimum atomic E-state index is -0.917. The van der Waals surface area contributed by atoms with Crippen LogP contribution >= 0.6 is 0 Å². The van der Waals surface area contributed by atoms with Crippen molar-refractivity contribution in [2.45, 2.75) is 12.5 Å². The minimum Gasteiger partial charge on any atom is -0.465 e. The lowest BCUT2D eigenvalue weighted by Gasteiger charge is -2.39. The highest BCUT2D eigenvalue weighted by molar-refractivity contribution is 5.91. The van der Waals surface area contributed by atoms with Crippen molar-refractivity contribution in [2.75, 3.05) is 31.2 Å². The standard InChI is InChI=1S/C13H17N3O4/c1-20-12(17)8-2-3-10(14)11(6-8)15-7-9-4-5-16(9)13(18)19/h2-3,6,9,15H,4-5,7,14H2,1H3,(H,18,19). The lowest BCUT2D eigenvalue weighted by molar-refractivity contribution is 0.0600. The molecule has 108 valence electrons. The van der Waals surface area contributed by atoms with E-state index in [1.54, 1.807) is 18.2 Å². The van der Waals surface area contributed by atoms with Gasteiger partial charge in [-0.15, -0.1) is 0 Å². The van der Waals surface area contributed by atoms with Gasteiger partial charge in [-0.1, -0.05) is 0 Å². The van der Waals surface area contributed by atoms with Crippen LogP contribution in [0.5, 0.6) is 0 Å². The second-order valence-corrected chi connectivity index (χ2v) is 4.59. The summed E-state index contributed by atoms with van der Waals surface area (Å²) in [6, 6.07) is 4.74. The number of carbonyl (C=O) groups excluding carboxylic acids is 1. The SMILES string of the molecule is COC(=O)c1ccc(N)c(NCC2CCN2C(=O)O)c1. The van der Waals surface area contributed by atoms with Gasteiger partial charge in [0.1, 0.15) is 0 Å². The molecule has 0 bridgehead atoms. The summed E-state index contributed by atoms with van der Waals surface area (Å²) in [5.74, 6) is -0.441. The molecule has 1 amide bonds. The molecule has 0 aromatic heterocycles. The Morgan fingerprint density at radius 2 is 2.30 bits per heavy atom. The number of ether oxygens (including phenoxy) is 1. The first-order chi connectivity index (χ1) is 9.52. The third-order valence-electron chi connectivity index (χ3n) is 3.39. The number of amides is 1. The lowest BCUT2D eigenvalue weighted by Crippen LogP contribution is -2.53. The molecule has 0 aliphatic carbocycles. The molecule has 20 heavy (non-hydrogen) atoms. The Morgan fingerprint density at radius 3 is 2.85 bits per heavy atom. The Hall–Kier alpha value is -2.44. The number of nitrogens with two attached hydrogens (primary N) is 1. The summed E-state index contributed by atoms with van der Waals surface area (Å²) in [5, 5.41) is 12.0. The first-order valence-electron chi connectivity index (χ1n) is 6.24. The number of benzene rings is 1. The maximum Gasteiger partial charge on any atom is 0.407 e. The number of methoxy groups -OCH3 is 1. The molecule has 1 aromatic rings. The van der Waals surface area contributed by atoms with Crippen LogP contribution in [0.4, 0.5) is 16.2 Å². The minimum absolute atomic E-state index is 0.0614. The molecular formula is C13H17N3O4. The number of anilines is 2. The van der Waals surface area contributed by atoms with Crippen LogP contribution in [0.25, 0.3) is 0 Å². The number of esters is 1. The van der Waals surface area contributed by atoms with E-state index in [4.69, 9.17) is 10.8 Å². The van der Waals surface area contributed by atoms with Crippen LogP contribution in [0.15, 0.2) is 18.2 Å². The highest BCUT2D eigenvalue weighted by atomic mass is 16.5. The predicted molar refractivity (Wildman–Crippen MR) is 73.8 cm³/mol. The van der Waals surface area contributed by atoms with E-state index in [0.717, 1.165) is 6.42 Å². The summed E-state index contributed by atoms with van der Waals surface area (Å²) < 4.78 is 4.64. The maximum absolute atomic E-state index is 11.4. The number of rotatable bonds is 4. The van der Waals surface area contributed by atoms with Crippen LogP contribution in [0.1, 0.15) is 16.8 Å². The molecule has 1 saturated heterocycles. The van der Waals surface area contributed by atoms with Gasteiger partial charge >= 0.3 is 12.1 Å². The fraction of sp³-hybridized carbons (Fsp3) is 0.385. The van der Waals surface area contributed by atoms with Crippen LogP contribution in [0.2, 0.25) is 0 Å². The van der Waals surface area contributed by atoms with Crippen LogP contribution in [0, 0.1) is 0 Å². The molecule has 1 aliphatic heterocycles. The van der Waals surface area contributed by atoms with Crippen molar-refractivity contribution in [2.24, 2.45) is 0 Å². The first kappa shape index (κ1) is 14.0. The van der Waals surface area contributed by atoms with Gasteiger partial charge in [-0.05, 0) is 24.6 Å². The number of nitrogens with one attached hydrogen (secondary N) is 1. The topological polar surface area (TPSA) is 105 Å². The second kappa shape index (κ2) is 5.68. The van der Waals surface area contributed by atoms with Gasteiger partial charge in [-0.25, -0.2) is 9.59 Å². The average molecular weight is 279 g/mol. The second-order valence-electron chi connectivity index (χ2n) is 4.59. The number of nitrogen functional groups attached to an aromatic ring is 1. The molecule has 2 rings (SSSR count). The summed E-state index contributed by atoms with van der Waals surface area (Å²) in [6.45, 7) is 1.01. The van der Waals surface area contributed by atoms with Crippen molar-refractivity contribution >= 4 is 23.4 Å². The van der Waals surface area contributed by atoms with Gasteiger partial charge in [0.25, 0.3) is 0 Å². The summed E-state index contributed by atoms with van der Waals surface area (Å²) in [5.41, 5.74) is 7.32. The van der Waals surface area contributed by atoms with Gasteiger partial charge in [0.15, 0.2) is 0 Å². The van der Waals surface area contributed by atoms with Gasteiger partial charge in [-0.2, -0.15) is 0 Å². The summed E-state index contributed by atoms with van der Waals surface area (Å²) in [4.78, 5) is 23.7. The van der Waals surface area contributed by atoms with E-state index in [1.807, 2.05) is 0 Å². The monoisotopic (exact) mass is 279 g/mol. The number of hydrogen-bond donors (Lipinski definition) is 3. The molecule has 1 aromatic carbocycles. The lowest BCUT2D eigenvalue weighted by atomic mass is 10.0. The average Bonchev–Trinajstić information content (AvgIpc) is 2.38. The largest absolute Gasteiger partial charge is 0.465 e. The fourth-order valence-corrected chi connectivity index (χ4v) is 2.09. The molecule has 1 unspecified atom stereocenters. The summed E-state index contributed by atoms with van der Waals surface area (Å²) in [7, 11) is 1.31. The molecule has 1 atom stereocenters. The number of nitrogens with zero attached hydrogens (tertiary/aromatic N) is 1. The molecule has 0 spiro atoms. The van der Waals surface area contributed by atoms with E-state index in [2.05, 4.69) is 10.1 Å². The Labute approximate surface area is 116 Å². The Kier molecular flexibility index (Phi) is 3.97. The van der Waals surface area contributed by atoms with Gasteiger partial charge in [0, 0.05) is 13.1 Å². The van der Waals surface area contributed by atoms with E-state index in [9.17, 15) is 9.59 Å². The van der Waals surface area contributed by atoms with Crippen molar-refractivity contribution in [3.8, 4) is 0 Å². The van der Waals surface area contributed by atoms with Crippen molar-refractivity contribution in [3.63, 3.8) is 0 Å². The number of carboxylic acid groups (broad SMARTS) is 1. The maximum atomic E-state index is 11.4. The molecule has 1 aliphatic rings. The summed E-state index contributed by atoms with van der Waals surface area (Å²) >= 11 is 0. The van der Waals surface area contributed by atoms with Crippen molar-refractivity contribution in [1.82, 2.24) is 4.90 Å². The smallest absolute Gasteiger partial charge is 0.407 e. The molecule has 7 heteroatoms. The van der Waals surface area contributed by atoms with Crippen LogP contribution in [-0.4, -0.2) is 48.3 Å². The van der Waals surface area contributed by atoms with Gasteiger partial charge in [-0.3, -0.25) is 0 Å². The quantitative estimate of drug-likeness (QED) is 0.565. The Morgan fingerprint density at radius 1 is 1.55 bits per heavy atom. The third-order valence-corrected chi connectivity index (χ3v) is 3.39. The van der Waals surface area contributed by atoms with Crippen molar-refractivity contribution in [1.29, 1.82) is 0 Å². The molecule has 0 radical (unpaired) electrons. The molecule has 4 N–H and O–H groups in total. The van der Waals surface area contributed by atoms with Gasteiger partial charge in [0.2, 0.25) is 0 Å². The van der Waals surface area contributed by atoms with Crippen molar-refractivity contribution in [3.05, 3.63) is 23.8 Å². The normalized spacial score (nSPS) is 17.2. The molecule has 1 fully saturated rings. The molecule has 7 nitrogen and oxygen atoms in total. The van der Waals surface area contributed by atoms with Crippen LogP contribution in [-0.2, 0) is 4.74 Å². The van der Waals surface area contributed by atoms with Gasteiger partial charge < -0.3 is 25.8 Å². The van der Waals surface area contributed by atoms with E-state index in [0.29, 0.717) is 30.0 Å².